The zero-order valence-electron chi connectivity index (χ0n) is 9.16. The summed E-state index contributed by atoms with van der Waals surface area (Å²) in [6, 6.07) is 8.66. The van der Waals surface area contributed by atoms with E-state index in [1.54, 1.807) is 0 Å². The fourth-order valence-electron chi connectivity index (χ4n) is 1.74. The lowest BCUT2D eigenvalue weighted by Crippen LogP contribution is -3.00. The molecule has 82 valence electrons. The van der Waals surface area contributed by atoms with Crippen molar-refractivity contribution in [3.63, 3.8) is 0 Å². The van der Waals surface area contributed by atoms with Crippen molar-refractivity contribution in [1.82, 2.24) is 0 Å². The molecule has 0 aliphatic carbocycles. The van der Waals surface area contributed by atoms with Crippen LogP contribution in [0.3, 0.4) is 0 Å². The molecule has 1 nitrogen and oxygen atoms in total. The molecule has 0 fully saturated rings. The summed E-state index contributed by atoms with van der Waals surface area (Å²) >= 11 is 1.89. The van der Waals surface area contributed by atoms with Gasteiger partial charge in [-0.2, -0.15) is 4.57 Å². The molecule has 0 N–H and O–H groups in total. The molecule has 1 aromatic carbocycles. The van der Waals surface area contributed by atoms with Crippen LogP contribution in [-0.2, 0) is 6.54 Å². The molecule has 0 atom stereocenters. The van der Waals surface area contributed by atoms with Gasteiger partial charge in [0.25, 0.3) is 0 Å². The zero-order chi connectivity index (χ0) is 9.97. The number of hydrogen-bond acceptors (Lipinski definition) is 1. The quantitative estimate of drug-likeness (QED) is 0.715. The van der Waals surface area contributed by atoms with Gasteiger partial charge in [-0.05, 0) is 6.07 Å². The van der Waals surface area contributed by atoms with E-state index in [2.05, 4.69) is 42.7 Å². The fraction of sp³-hybridized carbons (Fsp3) is 0.417. The number of benzene rings is 1. The average Bonchev–Trinajstić information content (AvgIpc) is 2.51. The van der Waals surface area contributed by atoms with E-state index < -0.39 is 0 Å². The summed E-state index contributed by atoms with van der Waals surface area (Å²) in [4.78, 5) is 0. The molecular weight excluding hydrogens is 270 g/mol. The van der Waals surface area contributed by atoms with E-state index in [-0.39, 0.29) is 17.0 Å². The summed E-state index contributed by atoms with van der Waals surface area (Å²) in [5, 5.41) is 1.42. The van der Waals surface area contributed by atoms with Crippen LogP contribution in [0.15, 0.2) is 24.3 Å². The van der Waals surface area contributed by atoms with Crippen molar-refractivity contribution in [1.29, 1.82) is 0 Å². The first-order valence-corrected chi connectivity index (χ1v) is 6.02. The monoisotopic (exact) mass is 285 g/mol. The molecular formula is C12H16BrNS. The maximum absolute atomic E-state index is 2.43. The summed E-state index contributed by atoms with van der Waals surface area (Å²) in [6.45, 7) is 5.61. The third-order valence-corrected chi connectivity index (χ3v) is 3.61. The van der Waals surface area contributed by atoms with Crippen LogP contribution in [0, 0.1) is 6.92 Å². The molecule has 0 radical (unpaired) electrons. The van der Waals surface area contributed by atoms with Crippen LogP contribution in [0.4, 0.5) is 0 Å². The number of rotatable bonds is 3. The summed E-state index contributed by atoms with van der Waals surface area (Å²) in [7, 11) is 0. The van der Waals surface area contributed by atoms with Crippen molar-refractivity contribution in [3.8, 4) is 0 Å². The Kier molecular flexibility index (Phi) is 4.74. The van der Waals surface area contributed by atoms with E-state index in [0.717, 1.165) is 6.54 Å². The predicted octanol–water partition coefficient (Wildman–Crippen LogP) is 0.301. The topological polar surface area (TPSA) is 3.88 Å². The molecule has 0 aliphatic heterocycles. The molecule has 0 unspecified atom stereocenters. The molecule has 1 heterocycles. The highest BCUT2D eigenvalue weighted by atomic mass is 79.9. The van der Waals surface area contributed by atoms with Gasteiger partial charge in [-0.3, -0.25) is 0 Å². The Hall–Kier alpha value is -0.410. The van der Waals surface area contributed by atoms with Crippen LogP contribution in [0.25, 0.3) is 10.2 Å². The standard InChI is InChI=1S/C12H16NS.BrH/c1-3-4-9-13-10(2)14-12-8-6-5-7-11(12)13;/h5-8H,3-4,9H2,1-2H3;1H/q+1;/p-1. The smallest absolute Gasteiger partial charge is 0.235 e. The second kappa shape index (κ2) is 5.61. The molecule has 15 heavy (non-hydrogen) atoms. The number of nitrogens with zero attached hydrogens (tertiary/aromatic N) is 1. The summed E-state index contributed by atoms with van der Waals surface area (Å²) in [6.07, 6.45) is 2.53. The Labute approximate surface area is 106 Å². The first kappa shape index (κ1) is 12.7. The van der Waals surface area contributed by atoms with Crippen LogP contribution in [0.2, 0.25) is 0 Å². The van der Waals surface area contributed by atoms with Crippen LogP contribution < -0.4 is 21.5 Å². The van der Waals surface area contributed by atoms with Crippen molar-refractivity contribution < 1.29 is 21.5 Å². The molecule has 0 amide bonds. The minimum absolute atomic E-state index is 0. The second-order valence-corrected chi connectivity index (χ2v) is 4.83. The Morgan fingerprint density at radius 2 is 2.00 bits per heavy atom. The van der Waals surface area contributed by atoms with Crippen LogP contribution >= 0.6 is 11.3 Å². The number of halogens is 1. The van der Waals surface area contributed by atoms with Crippen LogP contribution in [0.5, 0.6) is 0 Å². The van der Waals surface area contributed by atoms with Gasteiger partial charge in [0.1, 0.15) is 11.2 Å². The maximum atomic E-state index is 2.43. The first-order valence-electron chi connectivity index (χ1n) is 5.21. The lowest BCUT2D eigenvalue weighted by molar-refractivity contribution is -0.673. The van der Waals surface area contributed by atoms with Gasteiger partial charge in [-0.1, -0.05) is 36.8 Å². The van der Waals surface area contributed by atoms with E-state index in [9.17, 15) is 0 Å². The van der Waals surface area contributed by atoms with Gasteiger partial charge in [0, 0.05) is 19.4 Å². The molecule has 0 spiro atoms. The highest BCUT2D eigenvalue weighted by Crippen LogP contribution is 2.19. The Balaban J connectivity index is 0.00000112. The summed E-state index contributed by atoms with van der Waals surface area (Å²) in [5.74, 6) is 0. The molecule has 0 saturated carbocycles. The minimum Gasteiger partial charge on any atom is -1.00 e. The number of thiazole rings is 1. The highest BCUT2D eigenvalue weighted by Gasteiger charge is 2.14. The number of hydrogen-bond donors (Lipinski definition) is 0. The van der Waals surface area contributed by atoms with Crippen molar-refractivity contribution in [2.75, 3.05) is 0 Å². The van der Waals surface area contributed by atoms with Gasteiger partial charge >= 0.3 is 0 Å². The fourth-order valence-corrected chi connectivity index (χ4v) is 2.79. The van der Waals surface area contributed by atoms with Crippen molar-refractivity contribution in [2.24, 2.45) is 0 Å². The van der Waals surface area contributed by atoms with E-state index in [1.807, 2.05) is 11.3 Å². The van der Waals surface area contributed by atoms with E-state index >= 15 is 0 Å². The number of aromatic nitrogens is 1. The third kappa shape index (κ3) is 2.58. The highest BCUT2D eigenvalue weighted by molar-refractivity contribution is 7.18. The Morgan fingerprint density at radius 1 is 1.27 bits per heavy atom. The Bertz CT molecular complexity index is 436. The molecule has 0 aliphatic rings. The maximum Gasteiger partial charge on any atom is 0.235 e. The van der Waals surface area contributed by atoms with E-state index in [1.165, 1.54) is 28.1 Å². The molecule has 0 saturated heterocycles. The SMILES string of the molecule is CCCC[n+]1c(C)sc2ccccc21.[Br-]. The summed E-state index contributed by atoms with van der Waals surface area (Å²) < 4.78 is 3.84. The normalized spacial score (nSPS) is 10.3. The van der Waals surface area contributed by atoms with Gasteiger partial charge in [0.05, 0.1) is 0 Å². The third-order valence-electron chi connectivity index (χ3n) is 2.53. The van der Waals surface area contributed by atoms with Gasteiger partial charge in [-0.15, -0.1) is 0 Å². The lowest BCUT2D eigenvalue weighted by Gasteiger charge is -1.94. The molecule has 1 aromatic heterocycles. The average molecular weight is 286 g/mol. The van der Waals surface area contributed by atoms with Crippen LogP contribution in [0.1, 0.15) is 24.8 Å². The molecule has 0 bridgehead atoms. The number of fused-ring (bicyclic) bond motifs is 1. The number of aryl methyl sites for hydroxylation is 2. The van der Waals surface area contributed by atoms with Crippen molar-refractivity contribution in [3.05, 3.63) is 29.3 Å². The van der Waals surface area contributed by atoms with Gasteiger partial charge in [0.15, 0.2) is 0 Å². The number of para-hydroxylation sites is 1. The first-order chi connectivity index (χ1) is 6.83. The lowest BCUT2D eigenvalue weighted by atomic mass is 10.3. The van der Waals surface area contributed by atoms with Crippen molar-refractivity contribution >= 4 is 21.6 Å². The number of unbranched alkanes of at least 4 members (excludes halogenated alkanes) is 1. The zero-order valence-corrected chi connectivity index (χ0v) is 11.6. The Morgan fingerprint density at radius 3 is 2.73 bits per heavy atom. The van der Waals surface area contributed by atoms with Crippen LogP contribution in [-0.4, -0.2) is 0 Å². The summed E-state index contributed by atoms with van der Waals surface area (Å²) in [5.41, 5.74) is 1.39. The molecule has 3 heteroatoms. The minimum atomic E-state index is 0. The van der Waals surface area contributed by atoms with Gasteiger partial charge in [-0.25, -0.2) is 0 Å². The predicted molar refractivity (Wildman–Crippen MR) is 61.7 cm³/mol. The van der Waals surface area contributed by atoms with Crippen molar-refractivity contribution in [2.45, 2.75) is 33.2 Å². The van der Waals surface area contributed by atoms with E-state index in [4.69, 9.17) is 0 Å². The second-order valence-electron chi connectivity index (χ2n) is 3.59. The molecule has 2 rings (SSSR count). The van der Waals surface area contributed by atoms with Gasteiger partial charge < -0.3 is 17.0 Å². The molecule has 2 aromatic rings. The van der Waals surface area contributed by atoms with E-state index in [0.29, 0.717) is 0 Å². The largest absolute Gasteiger partial charge is 1.00 e. The van der Waals surface area contributed by atoms with Gasteiger partial charge in [0.2, 0.25) is 10.5 Å².